The van der Waals surface area contributed by atoms with Gasteiger partial charge in [0, 0.05) is 35.4 Å². The number of hydrogen-bond acceptors (Lipinski definition) is 5. The second kappa shape index (κ2) is 8.97. The lowest BCUT2D eigenvalue weighted by Gasteiger charge is -2.14. The first-order valence-electron chi connectivity index (χ1n) is 10.2. The van der Waals surface area contributed by atoms with Crippen LogP contribution in [0.3, 0.4) is 0 Å². The minimum Gasteiger partial charge on any atom is -0.497 e. The van der Waals surface area contributed by atoms with Crippen molar-refractivity contribution in [2.24, 2.45) is 5.73 Å². The number of nitrogens with zero attached hydrogens (tertiary/aromatic N) is 1. The summed E-state index contributed by atoms with van der Waals surface area (Å²) >= 11 is 0. The Hall–Kier alpha value is -4.07. The molecule has 0 fully saturated rings. The summed E-state index contributed by atoms with van der Waals surface area (Å²) in [7, 11) is 1.57. The largest absolute Gasteiger partial charge is 0.497 e. The minimum absolute atomic E-state index is 0.0369. The van der Waals surface area contributed by atoms with Crippen molar-refractivity contribution in [3.05, 3.63) is 77.2 Å². The zero-order valence-electron chi connectivity index (χ0n) is 17.8. The van der Waals surface area contributed by atoms with Gasteiger partial charge in [-0.1, -0.05) is 18.2 Å². The second-order valence-electron chi connectivity index (χ2n) is 7.48. The number of halogens is 1. The summed E-state index contributed by atoms with van der Waals surface area (Å²) in [4.78, 5) is 19.4. The van der Waals surface area contributed by atoms with E-state index in [1.807, 2.05) is 49.5 Å². The molecule has 0 atom stereocenters. The molecule has 1 amide bonds. The van der Waals surface area contributed by atoms with Crippen molar-refractivity contribution >= 4 is 34.1 Å². The van der Waals surface area contributed by atoms with Gasteiger partial charge in [-0.25, -0.2) is 9.37 Å². The molecule has 0 aliphatic heterocycles. The number of anilines is 3. The lowest BCUT2D eigenvalue weighted by Crippen LogP contribution is -2.17. The number of primary amides is 1. The quantitative estimate of drug-likeness (QED) is 0.327. The molecule has 4 aromatic rings. The Morgan fingerprint density at radius 1 is 1.19 bits per heavy atom. The Balaban J connectivity index is 1.56. The molecule has 0 aliphatic rings. The van der Waals surface area contributed by atoms with E-state index >= 15 is 0 Å². The van der Waals surface area contributed by atoms with E-state index in [1.54, 1.807) is 13.2 Å². The maximum atomic E-state index is 14.6. The van der Waals surface area contributed by atoms with Crippen molar-refractivity contribution in [1.29, 1.82) is 0 Å². The van der Waals surface area contributed by atoms with Crippen molar-refractivity contribution in [1.82, 2.24) is 9.97 Å². The Kier molecular flexibility index (Phi) is 5.93. The first-order valence-corrected chi connectivity index (χ1v) is 10.2. The van der Waals surface area contributed by atoms with Crippen LogP contribution in [0.25, 0.3) is 10.9 Å². The minimum atomic E-state index is -0.774. The molecule has 5 N–H and O–H groups in total. The number of benzene rings is 2. The van der Waals surface area contributed by atoms with E-state index in [0.717, 1.165) is 28.1 Å². The van der Waals surface area contributed by atoms with Crippen LogP contribution in [0.5, 0.6) is 5.75 Å². The maximum Gasteiger partial charge on any atom is 0.252 e. The molecule has 0 saturated heterocycles. The van der Waals surface area contributed by atoms with Gasteiger partial charge < -0.3 is 26.1 Å². The molecule has 0 saturated carbocycles. The number of aryl methyl sites for hydroxylation is 1. The van der Waals surface area contributed by atoms with E-state index in [9.17, 15) is 9.18 Å². The first kappa shape index (κ1) is 21.2. The van der Waals surface area contributed by atoms with E-state index in [-0.39, 0.29) is 17.2 Å². The number of hydrogen-bond donors (Lipinski definition) is 4. The molecule has 32 heavy (non-hydrogen) atoms. The Morgan fingerprint density at radius 2 is 2.00 bits per heavy atom. The number of rotatable bonds is 8. The van der Waals surface area contributed by atoms with Crippen molar-refractivity contribution in [2.45, 2.75) is 13.3 Å². The molecule has 2 aromatic carbocycles. The average molecular weight is 433 g/mol. The van der Waals surface area contributed by atoms with Crippen molar-refractivity contribution in [3.63, 3.8) is 0 Å². The number of aromatic amines is 1. The summed E-state index contributed by atoms with van der Waals surface area (Å²) in [5, 5.41) is 7.21. The Bertz CT molecular complexity index is 1280. The third-order valence-corrected chi connectivity index (χ3v) is 5.15. The highest BCUT2D eigenvalue weighted by atomic mass is 19.1. The average Bonchev–Trinajstić information content (AvgIpc) is 3.18. The third kappa shape index (κ3) is 4.49. The van der Waals surface area contributed by atoms with Gasteiger partial charge in [-0.2, -0.15) is 0 Å². The molecule has 4 rings (SSSR count). The number of H-pyrrole nitrogens is 1. The number of pyridine rings is 1. The summed E-state index contributed by atoms with van der Waals surface area (Å²) in [5.74, 6) is -0.570. The normalized spacial score (nSPS) is 10.8. The molecule has 0 bridgehead atoms. The number of nitrogens with two attached hydrogens (primary N) is 1. The maximum absolute atomic E-state index is 14.6. The van der Waals surface area contributed by atoms with Crippen LogP contribution in [-0.4, -0.2) is 29.5 Å². The Morgan fingerprint density at radius 3 is 2.78 bits per heavy atom. The highest BCUT2D eigenvalue weighted by Crippen LogP contribution is 2.27. The Labute approximate surface area is 184 Å². The van der Waals surface area contributed by atoms with Crippen LogP contribution in [0.1, 0.15) is 21.5 Å². The fourth-order valence-corrected chi connectivity index (χ4v) is 3.62. The zero-order chi connectivity index (χ0) is 22.7. The van der Waals surface area contributed by atoms with Crippen molar-refractivity contribution < 1.29 is 13.9 Å². The number of carbonyl (C=O) groups is 1. The monoisotopic (exact) mass is 433 g/mol. The fraction of sp³-hybridized carbons (Fsp3) is 0.167. The van der Waals surface area contributed by atoms with Gasteiger partial charge in [0.05, 0.1) is 12.7 Å². The van der Waals surface area contributed by atoms with E-state index in [1.165, 1.54) is 0 Å². The van der Waals surface area contributed by atoms with Crippen LogP contribution in [0.2, 0.25) is 0 Å². The van der Waals surface area contributed by atoms with Crippen LogP contribution < -0.4 is 21.1 Å². The molecular weight excluding hydrogens is 409 g/mol. The predicted molar refractivity (Wildman–Crippen MR) is 124 cm³/mol. The molecule has 0 radical (unpaired) electrons. The van der Waals surface area contributed by atoms with Gasteiger partial charge in [0.2, 0.25) is 0 Å². The lowest BCUT2D eigenvalue weighted by atomic mass is 10.1. The summed E-state index contributed by atoms with van der Waals surface area (Å²) in [6.07, 6.45) is 2.62. The van der Waals surface area contributed by atoms with Gasteiger partial charge >= 0.3 is 0 Å². The van der Waals surface area contributed by atoms with Crippen LogP contribution in [-0.2, 0) is 6.42 Å². The molecular formula is C24H24FN5O2. The van der Waals surface area contributed by atoms with Crippen molar-refractivity contribution in [3.8, 4) is 5.75 Å². The zero-order valence-corrected chi connectivity index (χ0v) is 17.8. The van der Waals surface area contributed by atoms with Gasteiger partial charge in [-0.3, -0.25) is 4.79 Å². The van der Waals surface area contributed by atoms with Crippen LogP contribution in [0, 0.1) is 12.7 Å². The SMILES string of the molecule is COc1cc(C)cc(Nc2nc(NCCc3c[nH]c4ccccc34)c(F)cc2C(N)=O)c1. The number of aromatic nitrogens is 2. The smallest absolute Gasteiger partial charge is 0.252 e. The topological polar surface area (TPSA) is 105 Å². The van der Waals surface area contributed by atoms with E-state index in [4.69, 9.17) is 10.5 Å². The van der Waals surface area contributed by atoms with Crippen molar-refractivity contribution in [2.75, 3.05) is 24.3 Å². The summed E-state index contributed by atoms with van der Waals surface area (Å²) in [6, 6.07) is 14.6. The highest BCUT2D eigenvalue weighted by Gasteiger charge is 2.16. The molecule has 0 spiro atoms. The number of para-hydroxylation sites is 1. The van der Waals surface area contributed by atoms with Crippen LogP contribution in [0.15, 0.2) is 54.7 Å². The second-order valence-corrected chi connectivity index (χ2v) is 7.48. The molecule has 2 heterocycles. The third-order valence-electron chi connectivity index (χ3n) is 5.15. The number of carbonyl (C=O) groups excluding carboxylic acids is 1. The van der Waals surface area contributed by atoms with Gasteiger partial charge in [-0.15, -0.1) is 0 Å². The van der Waals surface area contributed by atoms with E-state index < -0.39 is 11.7 Å². The van der Waals surface area contributed by atoms with Gasteiger partial charge in [0.1, 0.15) is 11.6 Å². The summed E-state index contributed by atoms with van der Waals surface area (Å²) < 4.78 is 19.9. The number of fused-ring (bicyclic) bond motifs is 1. The number of nitrogens with one attached hydrogen (secondary N) is 3. The van der Waals surface area contributed by atoms with Gasteiger partial charge in [0.25, 0.3) is 5.91 Å². The summed E-state index contributed by atoms with van der Waals surface area (Å²) in [5.41, 5.74) is 9.19. The highest BCUT2D eigenvalue weighted by molar-refractivity contribution is 5.98. The lowest BCUT2D eigenvalue weighted by molar-refractivity contribution is 0.100. The molecule has 2 aromatic heterocycles. The first-order chi connectivity index (χ1) is 15.4. The van der Waals surface area contributed by atoms with Crippen LogP contribution >= 0.6 is 0 Å². The molecule has 8 heteroatoms. The molecule has 7 nitrogen and oxygen atoms in total. The molecule has 0 aliphatic carbocycles. The predicted octanol–water partition coefficient (Wildman–Crippen LogP) is 4.52. The number of ether oxygens (including phenoxy) is 1. The van der Waals surface area contributed by atoms with Crippen LogP contribution in [0.4, 0.5) is 21.7 Å². The number of methoxy groups -OCH3 is 1. The fourth-order valence-electron chi connectivity index (χ4n) is 3.62. The van der Waals surface area contributed by atoms with Gasteiger partial charge in [0.15, 0.2) is 11.6 Å². The summed E-state index contributed by atoms with van der Waals surface area (Å²) in [6.45, 7) is 2.37. The molecule has 164 valence electrons. The van der Waals surface area contributed by atoms with E-state index in [2.05, 4.69) is 20.6 Å². The number of amides is 1. The molecule has 0 unspecified atom stereocenters. The standard InChI is InChI=1S/C24H24FN5O2/c1-14-9-16(11-17(10-14)32-2)29-23-19(22(26)31)12-20(25)24(30-23)27-8-7-15-13-28-21-6-4-3-5-18(15)21/h3-6,9-13,28H,7-8H2,1-2H3,(H2,26,31)(H2,27,29,30). The van der Waals surface area contributed by atoms with Gasteiger partial charge in [-0.05, 0) is 48.7 Å². The van der Waals surface area contributed by atoms with E-state index in [0.29, 0.717) is 24.4 Å².